The van der Waals surface area contributed by atoms with E-state index in [0.29, 0.717) is 31.2 Å². The Hall–Kier alpha value is -3.16. The molecular formula is C24H33N5O3. The minimum absolute atomic E-state index is 0.0444. The highest BCUT2D eigenvalue weighted by molar-refractivity contribution is 5.98. The molecule has 1 aromatic carbocycles. The number of hydrogen-bond acceptors (Lipinski definition) is 4. The number of aromatic nitrogens is 2. The summed E-state index contributed by atoms with van der Waals surface area (Å²) in [6.45, 7) is 10.8. The number of benzene rings is 1. The topological polar surface area (TPSA) is 96.3 Å². The van der Waals surface area contributed by atoms with Crippen molar-refractivity contribution in [2.75, 3.05) is 13.6 Å². The highest BCUT2D eigenvalue weighted by Crippen LogP contribution is 2.28. The summed E-state index contributed by atoms with van der Waals surface area (Å²) in [5, 5.41) is 5.50. The zero-order chi connectivity index (χ0) is 23.6. The summed E-state index contributed by atoms with van der Waals surface area (Å²) in [5.74, 6) is -0.0800. The first-order valence-electron chi connectivity index (χ1n) is 11.0. The normalized spacial score (nSPS) is 14.7. The number of carbonyl (C=O) groups is 3. The van der Waals surface area contributed by atoms with Crippen molar-refractivity contribution in [3.63, 3.8) is 0 Å². The van der Waals surface area contributed by atoms with Crippen LogP contribution in [-0.2, 0) is 22.7 Å². The molecule has 172 valence electrons. The van der Waals surface area contributed by atoms with E-state index in [4.69, 9.17) is 4.98 Å². The quantitative estimate of drug-likeness (QED) is 0.748. The van der Waals surface area contributed by atoms with Crippen molar-refractivity contribution < 1.29 is 14.4 Å². The van der Waals surface area contributed by atoms with Crippen LogP contribution in [0.25, 0.3) is 11.4 Å². The molecule has 0 fully saturated rings. The molecule has 0 radical (unpaired) electrons. The maximum absolute atomic E-state index is 13.4. The SMILES string of the molecule is CNC(=O)C(NC(=O)c1nc(-c2ccccc2)n2c1CN(C(=O)C(C)C)CC2)C(C)(C)C. The predicted octanol–water partition coefficient (Wildman–Crippen LogP) is 2.44. The molecule has 0 aliphatic carbocycles. The molecule has 3 rings (SSSR count). The molecule has 1 unspecified atom stereocenters. The average molecular weight is 440 g/mol. The molecule has 1 aliphatic heterocycles. The zero-order valence-corrected chi connectivity index (χ0v) is 19.7. The Labute approximate surface area is 189 Å². The molecule has 8 heteroatoms. The average Bonchev–Trinajstić information content (AvgIpc) is 3.15. The zero-order valence-electron chi connectivity index (χ0n) is 19.7. The molecule has 0 bridgehead atoms. The monoisotopic (exact) mass is 439 g/mol. The van der Waals surface area contributed by atoms with Crippen molar-refractivity contribution in [1.29, 1.82) is 0 Å². The van der Waals surface area contributed by atoms with Gasteiger partial charge in [0.1, 0.15) is 11.9 Å². The lowest BCUT2D eigenvalue weighted by atomic mass is 9.86. The van der Waals surface area contributed by atoms with Crippen molar-refractivity contribution in [2.24, 2.45) is 11.3 Å². The molecule has 2 N–H and O–H groups in total. The van der Waals surface area contributed by atoms with Crippen LogP contribution in [0.3, 0.4) is 0 Å². The number of amides is 3. The lowest BCUT2D eigenvalue weighted by Crippen LogP contribution is -2.53. The summed E-state index contributed by atoms with van der Waals surface area (Å²) in [4.78, 5) is 45.0. The van der Waals surface area contributed by atoms with Crippen LogP contribution in [-0.4, -0.2) is 51.8 Å². The van der Waals surface area contributed by atoms with E-state index in [-0.39, 0.29) is 23.4 Å². The van der Waals surface area contributed by atoms with Gasteiger partial charge in [0.05, 0.1) is 12.2 Å². The van der Waals surface area contributed by atoms with Gasteiger partial charge in [0, 0.05) is 31.6 Å². The first-order chi connectivity index (χ1) is 15.0. The van der Waals surface area contributed by atoms with E-state index in [1.807, 2.05) is 69.5 Å². The van der Waals surface area contributed by atoms with Gasteiger partial charge < -0.3 is 20.1 Å². The molecule has 0 saturated heterocycles. The first kappa shape index (κ1) is 23.5. The summed E-state index contributed by atoms with van der Waals surface area (Å²) in [7, 11) is 1.55. The number of imidazole rings is 1. The number of hydrogen-bond donors (Lipinski definition) is 2. The second-order valence-corrected chi connectivity index (χ2v) is 9.55. The van der Waals surface area contributed by atoms with Crippen LogP contribution in [0, 0.1) is 11.3 Å². The van der Waals surface area contributed by atoms with Crippen LogP contribution in [0.5, 0.6) is 0 Å². The van der Waals surface area contributed by atoms with Gasteiger partial charge in [-0.1, -0.05) is 65.0 Å². The molecule has 2 heterocycles. The summed E-state index contributed by atoms with van der Waals surface area (Å²) in [5.41, 5.74) is 1.35. The van der Waals surface area contributed by atoms with Crippen LogP contribution in [0.2, 0.25) is 0 Å². The number of nitrogens with one attached hydrogen (secondary N) is 2. The Morgan fingerprint density at radius 2 is 1.72 bits per heavy atom. The van der Waals surface area contributed by atoms with E-state index in [1.165, 1.54) is 0 Å². The Bertz CT molecular complexity index is 1000. The predicted molar refractivity (Wildman–Crippen MR) is 123 cm³/mol. The third-order valence-corrected chi connectivity index (χ3v) is 5.71. The van der Waals surface area contributed by atoms with E-state index >= 15 is 0 Å². The largest absolute Gasteiger partial charge is 0.357 e. The molecule has 32 heavy (non-hydrogen) atoms. The smallest absolute Gasteiger partial charge is 0.272 e. The van der Waals surface area contributed by atoms with Gasteiger partial charge in [-0.2, -0.15) is 0 Å². The van der Waals surface area contributed by atoms with Crippen molar-refractivity contribution in [3.05, 3.63) is 41.7 Å². The maximum Gasteiger partial charge on any atom is 0.272 e. The molecule has 1 aliphatic rings. The van der Waals surface area contributed by atoms with E-state index < -0.39 is 17.4 Å². The van der Waals surface area contributed by atoms with E-state index in [2.05, 4.69) is 10.6 Å². The van der Waals surface area contributed by atoms with Crippen molar-refractivity contribution in [1.82, 2.24) is 25.1 Å². The molecule has 1 atom stereocenters. The summed E-state index contributed by atoms with van der Waals surface area (Å²) >= 11 is 0. The minimum Gasteiger partial charge on any atom is -0.357 e. The van der Waals surface area contributed by atoms with Gasteiger partial charge in [-0.25, -0.2) is 4.98 Å². The van der Waals surface area contributed by atoms with Crippen molar-refractivity contribution in [2.45, 2.75) is 53.8 Å². The molecule has 8 nitrogen and oxygen atoms in total. The molecule has 3 amide bonds. The Morgan fingerprint density at radius 3 is 2.28 bits per heavy atom. The molecule has 2 aromatic rings. The second kappa shape index (κ2) is 9.14. The van der Waals surface area contributed by atoms with Gasteiger partial charge >= 0.3 is 0 Å². The number of rotatable bonds is 5. The third kappa shape index (κ3) is 4.69. The Balaban J connectivity index is 2.03. The molecule has 0 spiro atoms. The number of likely N-dealkylation sites (N-methyl/N-ethyl adjacent to an activating group) is 1. The maximum atomic E-state index is 13.4. The number of nitrogens with zero attached hydrogens (tertiary/aromatic N) is 3. The van der Waals surface area contributed by atoms with Crippen LogP contribution < -0.4 is 10.6 Å². The van der Waals surface area contributed by atoms with Crippen LogP contribution in [0.4, 0.5) is 0 Å². The minimum atomic E-state index is -0.727. The Morgan fingerprint density at radius 1 is 1.06 bits per heavy atom. The molecular weight excluding hydrogens is 406 g/mol. The summed E-state index contributed by atoms with van der Waals surface area (Å²) in [6.07, 6.45) is 0. The standard InChI is InChI=1S/C24H33N5O3/c1-15(2)23(32)28-12-13-29-17(14-28)18(26-20(29)16-10-8-7-9-11-16)21(30)27-19(22(31)25-6)24(3,4)5/h7-11,15,19H,12-14H2,1-6H3,(H,25,31)(H,27,30). The summed E-state index contributed by atoms with van der Waals surface area (Å²) in [6, 6.07) is 8.95. The molecule has 0 saturated carbocycles. The van der Waals surface area contributed by atoms with Gasteiger partial charge in [-0.15, -0.1) is 0 Å². The van der Waals surface area contributed by atoms with Gasteiger partial charge in [0.15, 0.2) is 5.69 Å². The fraction of sp³-hybridized carbons (Fsp3) is 0.500. The van der Waals surface area contributed by atoms with Crippen LogP contribution in [0.1, 0.15) is 50.8 Å². The highest BCUT2D eigenvalue weighted by atomic mass is 16.2. The Kier molecular flexibility index (Phi) is 6.71. The van der Waals surface area contributed by atoms with E-state index in [9.17, 15) is 14.4 Å². The van der Waals surface area contributed by atoms with Crippen LogP contribution >= 0.6 is 0 Å². The second-order valence-electron chi connectivity index (χ2n) is 9.55. The third-order valence-electron chi connectivity index (χ3n) is 5.71. The van der Waals surface area contributed by atoms with Crippen molar-refractivity contribution >= 4 is 17.7 Å². The van der Waals surface area contributed by atoms with Gasteiger partial charge in [-0.3, -0.25) is 14.4 Å². The number of carbonyl (C=O) groups excluding carboxylic acids is 3. The molecule has 1 aromatic heterocycles. The lowest BCUT2D eigenvalue weighted by molar-refractivity contribution is -0.135. The van der Waals surface area contributed by atoms with Crippen LogP contribution in [0.15, 0.2) is 30.3 Å². The fourth-order valence-electron chi connectivity index (χ4n) is 3.93. The lowest BCUT2D eigenvalue weighted by Gasteiger charge is -2.31. The van der Waals surface area contributed by atoms with E-state index in [1.54, 1.807) is 11.9 Å². The van der Waals surface area contributed by atoms with Crippen molar-refractivity contribution in [3.8, 4) is 11.4 Å². The van der Waals surface area contributed by atoms with Gasteiger partial charge in [0.25, 0.3) is 5.91 Å². The summed E-state index contributed by atoms with van der Waals surface area (Å²) < 4.78 is 2.01. The van der Waals surface area contributed by atoms with Gasteiger partial charge in [-0.05, 0) is 5.41 Å². The highest BCUT2D eigenvalue weighted by Gasteiger charge is 2.35. The van der Waals surface area contributed by atoms with E-state index in [0.717, 1.165) is 5.56 Å². The first-order valence-corrected chi connectivity index (χ1v) is 11.0. The van der Waals surface area contributed by atoms with Gasteiger partial charge in [0.2, 0.25) is 11.8 Å². The number of fused-ring (bicyclic) bond motifs is 1. The fourth-order valence-corrected chi connectivity index (χ4v) is 3.93.